The van der Waals surface area contributed by atoms with Crippen LogP contribution in [-0.2, 0) is 6.42 Å². The SMILES string of the molecule is COc1cc(C)cc(C(=O)Cc2ccnc(C)c2)c1. The molecule has 0 bridgehead atoms. The number of aryl methyl sites for hydroxylation is 2. The molecule has 0 fully saturated rings. The van der Waals surface area contributed by atoms with Crippen molar-refractivity contribution in [2.75, 3.05) is 7.11 Å². The van der Waals surface area contributed by atoms with Crippen molar-refractivity contribution in [3.05, 3.63) is 58.9 Å². The predicted molar refractivity (Wildman–Crippen MR) is 74.7 cm³/mol. The third-order valence-corrected chi connectivity index (χ3v) is 2.93. The summed E-state index contributed by atoms with van der Waals surface area (Å²) in [5.74, 6) is 0.807. The van der Waals surface area contributed by atoms with Gasteiger partial charge in [0.2, 0.25) is 0 Å². The molecule has 1 aromatic carbocycles. The molecule has 0 atom stereocenters. The molecule has 0 spiro atoms. The zero-order chi connectivity index (χ0) is 13.8. The van der Waals surface area contributed by atoms with E-state index < -0.39 is 0 Å². The molecule has 3 nitrogen and oxygen atoms in total. The number of ether oxygens (including phenoxy) is 1. The van der Waals surface area contributed by atoms with Crippen molar-refractivity contribution in [1.29, 1.82) is 0 Å². The first kappa shape index (κ1) is 13.3. The number of carbonyl (C=O) groups excluding carboxylic acids is 1. The Labute approximate surface area is 113 Å². The van der Waals surface area contributed by atoms with E-state index in [1.807, 2.05) is 38.1 Å². The molecular weight excluding hydrogens is 238 g/mol. The maximum absolute atomic E-state index is 12.3. The van der Waals surface area contributed by atoms with E-state index in [9.17, 15) is 4.79 Å². The monoisotopic (exact) mass is 255 g/mol. The van der Waals surface area contributed by atoms with Gasteiger partial charge in [0.1, 0.15) is 5.75 Å². The van der Waals surface area contributed by atoms with Crippen LogP contribution in [0.25, 0.3) is 0 Å². The molecule has 0 N–H and O–H groups in total. The number of nitrogens with zero attached hydrogens (tertiary/aromatic N) is 1. The van der Waals surface area contributed by atoms with E-state index in [1.54, 1.807) is 19.4 Å². The lowest BCUT2D eigenvalue weighted by molar-refractivity contribution is 0.0992. The Morgan fingerprint density at radius 2 is 2.00 bits per heavy atom. The summed E-state index contributed by atoms with van der Waals surface area (Å²) in [5.41, 5.74) is 3.62. The zero-order valence-corrected chi connectivity index (χ0v) is 11.4. The highest BCUT2D eigenvalue weighted by molar-refractivity contribution is 5.98. The predicted octanol–water partition coefficient (Wildman–Crippen LogP) is 3.13. The summed E-state index contributed by atoms with van der Waals surface area (Å²) in [6.07, 6.45) is 2.12. The first-order valence-electron chi connectivity index (χ1n) is 6.19. The molecule has 0 unspecified atom stereocenters. The molecule has 1 heterocycles. The Morgan fingerprint density at radius 1 is 1.21 bits per heavy atom. The highest BCUT2D eigenvalue weighted by atomic mass is 16.5. The first-order chi connectivity index (χ1) is 9.08. The van der Waals surface area contributed by atoms with Crippen LogP contribution in [0, 0.1) is 13.8 Å². The quantitative estimate of drug-likeness (QED) is 0.788. The van der Waals surface area contributed by atoms with Crippen molar-refractivity contribution in [2.45, 2.75) is 20.3 Å². The topological polar surface area (TPSA) is 39.2 Å². The molecule has 1 aromatic heterocycles. The van der Waals surface area contributed by atoms with Crippen LogP contribution in [0.4, 0.5) is 0 Å². The summed E-state index contributed by atoms with van der Waals surface area (Å²) in [6, 6.07) is 9.39. The number of rotatable bonds is 4. The Morgan fingerprint density at radius 3 is 2.68 bits per heavy atom. The highest BCUT2D eigenvalue weighted by Gasteiger charge is 2.09. The van der Waals surface area contributed by atoms with Gasteiger partial charge in [-0.25, -0.2) is 0 Å². The number of benzene rings is 1. The van der Waals surface area contributed by atoms with Gasteiger partial charge in [-0.05, 0) is 55.3 Å². The van der Waals surface area contributed by atoms with Crippen LogP contribution in [0.2, 0.25) is 0 Å². The maximum Gasteiger partial charge on any atom is 0.167 e. The van der Waals surface area contributed by atoms with Crippen LogP contribution in [0.5, 0.6) is 5.75 Å². The molecule has 0 radical (unpaired) electrons. The van der Waals surface area contributed by atoms with Gasteiger partial charge in [-0.15, -0.1) is 0 Å². The van der Waals surface area contributed by atoms with E-state index in [0.717, 1.165) is 16.8 Å². The smallest absolute Gasteiger partial charge is 0.167 e. The van der Waals surface area contributed by atoms with Crippen LogP contribution in [0.15, 0.2) is 36.5 Å². The molecule has 0 aliphatic heterocycles. The summed E-state index contributed by atoms with van der Waals surface area (Å²) < 4.78 is 5.19. The largest absolute Gasteiger partial charge is 0.497 e. The molecule has 0 aliphatic rings. The van der Waals surface area contributed by atoms with E-state index >= 15 is 0 Å². The fraction of sp³-hybridized carbons (Fsp3) is 0.250. The van der Waals surface area contributed by atoms with Crippen molar-refractivity contribution in [2.24, 2.45) is 0 Å². The summed E-state index contributed by atoms with van der Waals surface area (Å²) in [6.45, 7) is 3.87. The van der Waals surface area contributed by atoms with Gasteiger partial charge in [0.25, 0.3) is 0 Å². The number of methoxy groups -OCH3 is 1. The normalized spacial score (nSPS) is 10.3. The lowest BCUT2D eigenvalue weighted by Crippen LogP contribution is -2.05. The number of hydrogen-bond donors (Lipinski definition) is 0. The number of hydrogen-bond acceptors (Lipinski definition) is 3. The minimum atomic E-state index is 0.0904. The Hall–Kier alpha value is -2.16. The Balaban J connectivity index is 2.22. The molecule has 0 aliphatic carbocycles. The standard InChI is InChI=1S/C16H17NO2/c1-11-6-14(10-15(7-11)19-3)16(18)9-13-4-5-17-12(2)8-13/h4-8,10H,9H2,1-3H3. The van der Waals surface area contributed by atoms with E-state index in [2.05, 4.69) is 4.98 Å². The molecule has 19 heavy (non-hydrogen) atoms. The molecule has 3 heteroatoms. The average molecular weight is 255 g/mol. The van der Waals surface area contributed by atoms with Gasteiger partial charge in [-0.2, -0.15) is 0 Å². The van der Waals surface area contributed by atoms with Gasteiger partial charge in [0.15, 0.2) is 5.78 Å². The second-order valence-corrected chi connectivity index (χ2v) is 4.64. The highest BCUT2D eigenvalue weighted by Crippen LogP contribution is 2.18. The lowest BCUT2D eigenvalue weighted by atomic mass is 10.0. The van der Waals surface area contributed by atoms with Crippen molar-refractivity contribution >= 4 is 5.78 Å². The van der Waals surface area contributed by atoms with Crippen LogP contribution >= 0.6 is 0 Å². The molecular formula is C16H17NO2. The molecule has 0 saturated carbocycles. The lowest BCUT2D eigenvalue weighted by Gasteiger charge is -2.06. The number of pyridine rings is 1. The van der Waals surface area contributed by atoms with Crippen LogP contribution < -0.4 is 4.74 Å². The average Bonchev–Trinajstić information content (AvgIpc) is 2.38. The Bertz CT molecular complexity index is 605. The van der Waals surface area contributed by atoms with Crippen molar-refractivity contribution in [3.63, 3.8) is 0 Å². The summed E-state index contributed by atoms with van der Waals surface area (Å²) in [7, 11) is 1.61. The molecule has 98 valence electrons. The number of carbonyl (C=O) groups is 1. The van der Waals surface area contributed by atoms with Crippen molar-refractivity contribution < 1.29 is 9.53 Å². The minimum Gasteiger partial charge on any atom is -0.497 e. The molecule has 0 saturated heterocycles. The summed E-state index contributed by atoms with van der Waals surface area (Å²) in [4.78, 5) is 16.4. The van der Waals surface area contributed by atoms with Crippen molar-refractivity contribution in [3.8, 4) is 5.75 Å². The van der Waals surface area contributed by atoms with Gasteiger partial charge in [-0.1, -0.05) is 0 Å². The third-order valence-electron chi connectivity index (χ3n) is 2.93. The third kappa shape index (κ3) is 3.41. The van der Waals surface area contributed by atoms with Gasteiger partial charge < -0.3 is 4.74 Å². The number of aromatic nitrogens is 1. The van der Waals surface area contributed by atoms with E-state index in [-0.39, 0.29) is 5.78 Å². The number of Topliss-reactive ketones (excluding diaryl/α,β-unsaturated/α-hetero) is 1. The summed E-state index contributed by atoms with van der Waals surface area (Å²) >= 11 is 0. The van der Waals surface area contributed by atoms with E-state index in [1.165, 1.54) is 0 Å². The minimum absolute atomic E-state index is 0.0904. The fourth-order valence-corrected chi connectivity index (χ4v) is 2.03. The van der Waals surface area contributed by atoms with E-state index in [0.29, 0.717) is 17.7 Å². The Kier molecular flexibility index (Phi) is 3.95. The van der Waals surface area contributed by atoms with E-state index in [4.69, 9.17) is 4.74 Å². The molecule has 2 aromatic rings. The van der Waals surface area contributed by atoms with Gasteiger partial charge in [-0.3, -0.25) is 9.78 Å². The molecule has 2 rings (SSSR count). The van der Waals surface area contributed by atoms with Crippen LogP contribution in [-0.4, -0.2) is 17.9 Å². The van der Waals surface area contributed by atoms with Gasteiger partial charge in [0.05, 0.1) is 7.11 Å². The van der Waals surface area contributed by atoms with Crippen LogP contribution in [0.1, 0.15) is 27.2 Å². The fourth-order valence-electron chi connectivity index (χ4n) is 2.03. The first-order valence-corrected chi connectivity index (χ1v) is 6.19. The molecule has 0 amide bonds. The maximum atomic E-state index is 12.3. The van der Waals surface area contributed by atoms with Gasteiger partial charge in [0, 0.05) is 23.9 Å². The second kappa shape index (κ2) is 5.65. The number of ketones is 1. The van der Waals surface area contributed by atoms with Gasteiger partial charge >= 0.3 is 0 Å². The second-order valence-electron chi connectivity index (χ2n) is 4.64. The summed E-state index contributed by atoms with van der Waals surface area (Å²) in [5, 5.41) is 0. The zero-order valence-electron chi connectivity index (χ0n) is 11.4. The van der Waals surface area contributed by atoms with Crippen LogP contribution in [0.3, 0.4) is 0 Å². The van der Waals surface area contributed by atoms with Crippen molar-refractivity contribution in [1.82, 2.24) is 4.98 Å².